The molecule has 2 aromatic rings. The van der Waals surface area contributed by atoms with Crippen molar-refractivity contribution >= 4 is 28.9 Å². The van der Waals surface area contributed by atoms with Crippen molar-refractivity contribution in [1.29, 1.82) is 0 Å². The lowest BCUT2D eigenvalue weighted by Gasteiger charge is -2.27. The minimum atomic E-state index is 0.485. The van der Waals surface area contributed by atoms with Crippen LogP contribution in [0, 0.1) is 0 Å². The number of aromatic nitrogens is 2. The third-order valence-electron chi connectivity index (χ3n) is 4.22. The lowest BCUT2D eigenvalue weighted by Crippen LogP contribution is -2.43. The van der Waals surface area contributed by atoms with Gasteiger partial charge in [0.1, 0.15) is 0 Å². The quantitative estimate of drug-likeness (QED) is 0.826. The minimum Gasteiger partial charge on any atom is -0.360 e. The third kappa shape index (κ3) is 4.45. The molecule has 0 saturated heterocycles. The molecule has 7 heteroatoms. The molecule has 0 atom stereocenters. The molecule has 24 heavy (non-hydrogen) atoms. The number of benzene rings is 1. The molecule has 0 bridgehead atoms. The summed E-state index contributed by atoms with van der Waals surface area (Å²) in [6.45, 7) is 0.485. The van der Waals surface area contributed by atoms with Crippen molar-refractivity contribution in [3.8, 4) is 11.4 Å². The van der Waals surface area contributed by atoms with Gasteiger partial charge in [-0.05, 0) is 49.3 Å². The van der Waals surface area contributed by atoms with Crippen molar-refractivity contribution in [3.05, 3.63) is 35.2 Å². The van der Waals surface area contributed by atoms with E-state index in [-0.39, 0.29) is 0 Å². The van der Waals surface area contributed by atoms with Crippen molar-refractivity contribution < 1.29 is 4.52 Å². The molecule has 0 spiro atoms. The Morgan fingerprint density at radius 3 is 2.71 bits per heavy atom. The van der Waals surface area contributed by atoms with Crippen LogP contribution in [-0.4, -0.2) is 33.2 Å². The van der Waals surface area contributed by atoms with E-state index in [9.17, 15) is 0 Å². The van der Waals surface area contributed by atoms with E-state index in [1.807, 2.05) is 36.2 Å². The van der Waals surface area contributed by atoms with Gasteiger partial charge in [-0.2, -0.15) is 4.98 Å². The zero-order valence-corrected chi connectivity index (χ0v) is 15.2. The Morgan fingerprint density at radius 2 is 2.00 bits per heavy atom. The van der Waals surface area contributed by atoms with Crippen LogP contribution in [0.25, 0.3) is 11.4 Å². The van der Waals surface area contributed by atoms with E-state index >= 15 is 0 Å². The molecule has 5 nitrogen and oxygen atoms in total. The summed E-state index contributed by atoms with van der Waals surface area (Å²) in [7, 11) is 1.93. The molecule has 1 fully saturated rings. The molecule has 1 aromatic carbocycles. The van der Waals surface area contributed by atoms with Gasteiger partial charge in [0.25, 0.3) is 0 Å². The third-order valence-corrected chi connectivity index (χ3v) is 4.90. The van der Waals surface area contributed by atoms with Crippen LogP contribution in [0.5, 0.6) is 0 Å². The van der Waals surface area contributed by atoms with Gasteiger partial charge in [-0.1, -0.05) is 36.0 Å². The molecule has 0 aliphatic heterocycles. The second-order valence-corrected chi connectivity index (χ2v) is 6.98. The fourth-order valence-corrected chi connectivity index (χ4v) is 3.20. The second kappa shape index (κ2) is 7.94. The molecular weight excluding hydrogens is 344 g/mol. The van der Waals surface area contributed by atoms with Gasteiger partial charge in [0.05, 0.1) is 6.54 Å². The summed E-state index contributed by atoms with van der Waals surface area (Å²) >= 11 is 11.4. The predicted octanol–water partition coefficient (Wildman–Crippen LogP) is 4.03. The van der Waals surface area contributed by atoms with Crippen LogP contribution in [0.1, 0.15) is 38.0 Å². The lowest BCUT2D eigenvalue weighted by molar-refractivity contribution is 0.327. The number of hydrogen-bond acceptors (Lipinski definition) is 4. The largest absolute Gasteiger partial charge is 0.360 e. The van der Waals surface area contributed by atoms with Crippen LogP contribution >= 0.6 is 23.8 Å². The van der Waals surface area contributed by atoms with Crippen molar-refractivity contribution in [2.24, 2.45) is 0 Å². The molecule has 128 valence electrons. The summed E-state index contributed by atoms with van der Waals surface area (Å²) < 4.78 is 5.34. The first-order chi connectivity index (χ1) is 11.6. The Morgan fingerprint density at radius 1 is 1.29 bits per heavy atom. The molecule has 0 amide bonds. The van der Waals surface area contributed by atoms with E-state index in [4.69, 9.17) is 28.3 Å². The molecule has 1 heterocycles. The number of hydrogen-bond donors (Lipinski definition) is 1. The summed E-state index contributed by atoms with van der Waals surface area (Å²) in [5.41, 5.74) is 0.875. The summed E-state index contributed by atoms with van der Waals surface area (Å²) in [5, 5.41) is 8.87. The highest BCUT2D eigenvalue weighted by Crippen LogP contribution is 2.20. The lowest BCUT2D eigenvalue weighted by atomic mass is 9.96. The van der Waals surface area contributed by atoms with E-state index in [1.54, 1.807) is 0 Å². The maximum atomic E-state index is 5.90. The molecule has 1 saturated carbocycles. The van der Waals surface area contributed by atoms with Crippen LogP contribution in [0.4, 0.5) is 0 Å². The highest BCUT2D eigenvalue weighted by atomic mass is 35.5. The van der Waals surface area contributed by atoms with E-state index in [0.29, 0.717) is 29.3 Å². The van der Waals surface area contributed by atoms with Crippen LogP contribution in [-0.2, 0) is 6.54 Å². The Labute approximate surface area is 152 Å². The van der Waals surface area contributed by atoms with Gasteiger partial charge in [0.15, 0.2) is 5.11 Å². The Hall–Kier alpha value is -1.66. The minimum absolute atomic E-state index is 0.485. The molecule has 0 radical (unpaired) electrons. The molecule has 1 N–H and O–H groups in total. The number of nitrogens with one attached hydrogen (secondary N) is 1. The SMILES string of the molecule is CN(Cc1nc(-c2ccc(Cl)cc2)no1)C(=S)NC1CCCCC1. The van der Waals surface area contributed by atoms with Crippen molar-refractivity contribution in [2.75, 3.05) is 7.05 Å². The normalized spacial score (nSPS) is 15.2. The molecule has 1 aliphatic rings. The molecule has 1 aliphatic carbocycles. The Balaban J connectivity index is 1.57. The van der Waals surface area contributed by atoms with Crippen LogP contribution in [0.3, 0.4) is 0 Å². The zero-order valence-electron chi connectivity index (χ0n) is 13.7. The zero-order chi connectivity index (χ0) is 16.9. The second-order valence-electron chi connectivity index (χ2n) is 6.16. The highest BCUT2D eigenvalue weighted by Gasteiger charge is 2.17. The van der Waals surface area contributed by atoms with Gasteiger partial charge in [0, 0.05) is 23.7 Å². The fourth-order valence-electron chi connectivity index (χ4n) is 2.84. The fraction of sp³-hybridized carbons (Fsp3) is 0.471. The molecule has 3 rings (SSSR count). The summed E-state index contributed by atoms with van der Waals surface area (Å²) in [5.74, 6) is 1.09. The van der Waals surface area contributed by atoms with Gasteiger partial charge in [-0.25, -0.2) is 0 Å². The summed E-state index contributed by atoms with van der Waals surface area (Å²) in [4.78, 5) is 6.36. The Bertz CT molecular complexity index is 682. The average molecular weight is 365 g/mol. The number of thiocarbonyl (C=S) groups is 1. The maximum Gasteiger partial charge on any atom is 0.246 e. The summed E-state index contributed by atoms with van der Waals surface area (Å²) in [6.07, 6.45) is 6.26. The molecule has 1 aromatic heterocycles. The number of rotatable bonds is 4. The standard InChI is InChI=1S/C17H21ClN4OS/c1-22(17(24)19-14-5-3-2-4-6-14)11-15-20-16(21-23-15)12-7-9-13(18)10-8-12/h7-10,14H,2-6,11H2,1H3,(H,19,24). The highest BCUT2D eigenvalue weighted by molar-refractivity contribution is 7.80. The van der Waals surface area contributed by atoms with Gasteiger partial charge in [-0.3, -0.25) is 0 Å². The smallest absolute Gasteiger partial charge is 0.246 e. The molecule has 0 unspecified atom stereocenters. The van der Waals surface area contributed by atoms with E-state index < -0.39 is 0 Å². The number of nitrogens with zero attached hydrogens (tertiary/aromatic N) is 3. The average Bonchev–Trinajstić information content (AvgIpc) is 3.05. The first-order valence-electron chi connectivity index (χ1n) is 8.22. The first kappa shape index (κ1) is 17.2. The maximum absolute atomic E-state index is 5.90. The van der Waals surface area contributed by atoms with E-state index in [2.05, 4.69) is 15.5 Å². The first-order valence-corrected chi connectivity index (χ1v) is 9.00. The molecular formula is C17H21ClN4OS. The van der Waals surface area contributed by atoms with Gasteiger partial charge >= 0.3 is 0 Å². The van der Waals surface area contributed by atoms with Crippen molar-refractivity contribution in [1.82, 2.24) is 20.4 Å². The van der Waals surface area contributed by atoms with Crippen LogP contribution in [0.15, 0.2) is 28.8 Å². The summed E-state index contributed by atoms with van der Waals surface area (Å²) in [6, 6.07) is 7.84. The predicted molar refractivity (Wildman–Crippen MR) is 98.8 cm³/mol. The van der Waals surface area contributed by atoms with Gasteiger partial charge in [-0.15, -0.1) is 0 Å². The van der Waals surface area contributed by atoms with Crippen LogP contribution < -0.4 is 5.32 Å². The monoisotopic (exact) mass is 364 g/mol. The van der Waals surface area contributed by atoms with Gasteiger partial charge in [0.2, 0.25) is 11.7 Å². The van der Waals surface area contributed by atoms with E-state index in [0.717, 1.165) is 10.7 Å². The van der Waals surface area contributed by atoms with Gasteiger partial charge < -0.3 is 14.7 Å². The van der Waals surface area contributed by atoms with Crippen molar-refractivity contribution in [2.45, 2.75) is 44.7 Å². The topological polar surface area (TPSA) is 54.2 Å². The Kier molecular flexibility index (Phi) is 5.68. The van der Waals surface area contributed by atoms with E-state index in [1.165, 1.54) is 32.1 Å². The van der Waals surface area contributed by atoms with Crippen molar-refractivity contribution in [3.63, 3.8) is 0 Å². The van der Waals surface area contributed by atoms with Crippen LogP contribution in [0.2, 0.25) is 5.02 Å². The number of halogens is 1.